The van der Waals surface area contributed by atoms with E-state index < -0.39 is 20.5 Å². The van der Waals surface area contributed by atoms with E-state index in [4.69, 9.17) is 11.5 Å². The lowest BCUT2D eigenvalue weighted by molar-refractivity contribution is 0.251. The number of amides is 4. The molecule has 4 amide bonds. The highest BCUT2D eigenvalue weighted by Crippen LogP contribution is 1.95. The fourth-order valence-corrected chi connectivity index (χ4v) is 3.64. The summed E-state index contributed by atoms with van der Waals surface area (Å²) in [5.41, 5.74) is 10.2. The highest BCUT2D eigenvalue weighted by Gasteiger charge is 2.33. The predicted octanol–water partition coefficient (Wildman–Crippen LogP) is -0.698. The monoisotopic (exact) mass is 238 g/mol. The molecule has 86 valence electrons. The van der Waals surface area contributed by atoms with Gasteiger partial charge >= 0.3 is 12.1 Å². The van der Waals surface area contributed by atoms with E-state index >= 15 is 0 Å². The highest BCUT2D eigenvalue weighted by atomic mass is 28.3. The Bertz CT molecular complexity index is 380. The molecule has 0 atom stereocenters. The Morgan fingerprint density at radius 1 is 1.06 bits per heavy atom. The van der Waals surface area contributed by atoms with E-state index in [2.05, 4.69) is 9.96 Å². The number of rotatable bonds is 3. The van der Waals surface area contributed by atoms with E-state index in [1.165, 1.54) is 0 Å². The first-order valence-corrected chi connectivity index (χ1v) is 7.15. The number of benzene rings is 1. The van der Waals surface area contributed by atoms with Crippen LogP contribution in [0.15, 0.2) is 30.3 Å². The van der Waals surface area contributed by atoms with Gasteiger partial charge in [-0.05, 0) is 11.7 Å². The van der Waals surface area contributed by atoms with Crippen LogP contribution in [0.4, 0.5) is 9.59 Å². The van der Waals surface area contributed by atoms with Crippen molar-refractivity contribution in [3.05, 3.63) is 30.3 Å². The molecule has 0 fully saturated rings. The SMILES string of the molecule is C[Si](NC(N)=O)(NC(N)=O)c1ccccc1. The molecular formula is C9H14N4O2Si. The van der Waals surface area contributed by atoms with Crippen LogP contribution in [0.3, 0.4) is 0 Å². The van der Waals surface area contributed by atoms with E-state index in [0.29, 0.717) is 0 Å². The van der Waals surface area contributed by atoms with Gasteiger partial charge in [-0.3, -0.25) is 0 Å². The molecule has 0 saturated heterocycles. The van der Waals surface area contributed by atoms with Gasteiger partial charge in [-0.15, -0.1) is 0 Å². The zero-order valence-corrected chi connectivity index (χ0v) is 9.86. The zero-order chi connectivity index (χ0) is 12.2. The van der Waals surface area contributed by atoms with Crippen molar-refractivity contribution >= 4 is 25.6 Å². The fourth-order valence-electron chi connectivity index (χ4n) is 1.44. The molecule has 0 bridgehead atoms. The fraction of sp³-hybridized carbons (Fsp3) is 0.111. The second kappa shape index (κ2) is 4.66. The third-order valence-corrected chi connectivity index (χ3v) is 5.08. The molecule has 7 heteroatoms. The first-order valence-electron chi connectivity index (χ1n) is 4.65. The van der Waals surface area contributed by atoms with Crippen LogP contribution in [0.5, 0.6) is 0 Å². The predicted molar refractivity (Wildman–Crippen MR) is 63.1 cm³/mol. The van der Waals surface area contributed by atoms with Gasteiger partial charge in [-0.1, -0.05) is 30.3 Å². The van der Waals surface area contributed by atoms with Crippen molar-refractivity contribution in [3.8, 4) is 0 Å². The molecule has 0 unspecified atom stereocenters. The summed E-state index contributed by atoms with van der Waals surface area (Å²) in [4.78, 5) is 27.0. The largest absolute Gasteiger partial charge is 0.352 e. The zero-order valence-electron chi connectivity index (χ0n) is 8.86. The van der Waals surface area contributed by atoms with Gasteiger partial charge in [0.05, 0.1) is 0 Å². The number of carbonyl (C=O) groups is 2. The van der Waals surface area contributed by atoms with E-state index in [1.807, 2.05) is 18.2 Å². The Balaban J connectivity index is 3.04. The van der Waals surface area contributed by atoms with Gasteiger partial charge in [0.2, 0.25) is 0 Å². The summed E-state index contributed by atoms with van der Waals surface area (Å²) in [5.74, 6) is 0. The van der Waals surface area contributed by atoms with Crippen LogP contribution in [0.2, 0.25) is 6.55 Å². The average Bonchev–Trinajstić information content (AvgIpc) is 2.16. The Kier molecular flexibility index (Phi) is 3.51. The number of carbonyl (C=O) groups excluding carboxylic acids is 2. The number of hydrogen-bond donors (Lipinski definition) is 4. The molecule has 0 aliphatic rings. The maximum absolute atomic E-state index is 10.9. The van der Waals surface area contributed by atoms with Gasteiger partial charge in [-0.2, -0.15) is 0 Å². The number of nitrogens with one attached hydrogen (secondary N) is 2. The van der Waals surface area contributed by atoms with Crippen LogP contribution in [0, 0.1) is 0 Å². The molecule has 0 saturated carbocycles. The Morgan fingerprint density at radius 2 is 1.50 bits per heavy atom. The number of primary amides is 2. The van der Waals surface area contributed by atoms with Crippen LogP contribution < -0.4 is 26.6 Å². The Morgan fingerprint density at radius 3 is 1.88 bits per heavy atom. The first-order chi connectivity index (χ1) is 7.44. The maximum atomic E-state index is 10.9. The molecule has 0 aliphatic carbocycles. The lowest BCUT2D eigenvalue weighted by Gasteiger charge is -2.27. The van der Waals surface area contributed by atoms with Crippen LogP contribution in [0.25, 0.3) is 0 Å². The summed E-state index contributed by atoms with van der Waals surface area (Å²) in [6, 6.07) is 7.69. The molecule has 1 aromatic carbocycles. The molecule has 6 nitrogen and oxygen atoms in total. The Labute approximate surface area is 94.2 Å². The number of hydrogen-bond acceptors (Lipinski definition) is 2. The molecule has 0 heterocycles. The molecule has 0 aliphatic heterocycles. The van der Waals surface area contributed by atoms with Crippen molar-refractivity contribution in [3.63, 3.8) is 0 Å². The summed E-state index contributed by atoms with van der Waals surface area (Å²) in [6.45, 7) is 1.73. The van der Waals surface area contributed by atoms with E-state index in [0.717, 1.165) is 5.19 Å². The number of urea groups is 2. The van der Waals surface area contributed by atoms with Crippen molar-refractivity contribution in [2.75, 3.05) is 0 Å². The maximum Gasteiger partial charge on any atom is 0.305 e. The van der Waals surface area contributed by atoms with Crippen LogP contribution in [-0.4, -0.2) is 20.5 Å². The molecular weight excluding hydrogens is 224 g/mol. The van der Waals surface area contributed by atoms with Crippen LogP contribution >= 0.6 is 0 Å². The molecule has 1 aromatic rings. The van der Waals surface area contributed by atoms with Gasteiger partial charge in [0.1, 0.15) is 0 Å². The van der Waals surface area contributed by atoms with Crippen molar-refractivity contribution < 1.29 is 9.59 Å². The first kappa shape index (κ1) is 12.0. The quantitative estimate of drug-likeness (QED) is 0.522. The molecule has 0 spiro atoms. The third-order valence-electron chi connectivity index (χ3n) is 2.10. The summed E-state index contributed by atoms with van der Waals surface area (Å²) < 4.78 is 0. The van der Waals surface area contributed by atoms with Crippen LogP contribution in [-0.2, 0) is 0 Å². The highest BCUT2D eigenvalue weighted by molar-refractivity contribution is 6.89. The van der Waals surface area contributed by atoms with E-state index in [1.54, 1.807) is 18.7 Å². The topological polar surface area (TPSA) is 110 Å². The normalized spacial score (nSPS) is 10.6. The lowest BCUT2D eigenvalue weighted by Crippen LogP contribution is -2.72. The molecule has 0 radical (unpaired) electrons. The second-order valence-corrected chi connectivity index (χ2v) is 6.80. The molecule has 6 N–H and O–H groups in total. The second-order valence-electron chi connectivity index (χ2n) is 3.47. The minimum absolute atomic E-state index is 0.688. The minimum atomic E-state index is -2.70. The summed E-state index contributed by atoms with van der Waals surface area (Å²) >= 11 is 0. The van der Waals surface area contributed by atoms with Crippen molar-refractivity contribution in [2.45, 2.75) is 6.55 Å². The summed E-state index contributed by atoms with van der Waals surface area (Å²) in [5, 5.41) is 0.813. The van der Waals surface area contributed by atoms with Gasteiger partial charge in [0.25, 0.3) is 8.40 Å². The van der Waals surface area contributed by atoms with Crippen molar-refractivity contribution in [1.82, 2.24) is 9.96 Å². The molecule has 16 heavy (non-hydrogen) atoms. The van der Waals surface area contributed by atoms with Gasteiger partial charge in [0.15, 0.2) is 0 Å². The number of nitrogens with two attached hydrogens (primary N) is 2. The Hall–Kier alpha value is -2.02. The average molecular weight is 238 g/mol. The summed E-state index contributed by atoms with van der Waals surface area (Å²) in [7, 11) is -2.70. The summed E-state index contributed by atoms with van der Waals surface area (Å²) in [6.07, 6.45) is 0. The third kappa shape index (κ3) is 2.99. The molecule has 1 rings (SSSR count). The standard InChI is InChI=1S/C9H14N4O2Si/c1-16(12-8(10)14,13-9(11)15)7-5-3-2-4-6-7/h2-6H,1H3,(H3,10,12,14)(H3,11,13,15). The van der Waals surface area contributed by atoms with Gasteiger partial charge in [0, 0.05) is 0 Å². The lowest BCUT2D eigenvalue weighted by atomic mass is 10.4. The van der Waals surface area contributed by atoms with E-state index in [9.17, 15) is 9.59 Å². The molecule has 0 aromatic heterocycles. The van der Waals surface area contributed by atoms with Gasteiger partial charge < -0.3 is 21.4 Å². The van der Waals surface area contributed by atoms with E-state index in [-0.39, 0.29) is 0 Å². The smallest absolute Gasteiger partial charge is 0.305 e. The minimum Gasteiger partial charge on any atom is -0.352 e. The van der Waals surface area contributed by atoms with Crippen molar-refractivity contribution in [2.24, 2.45) is 11.5 Å². The van der Waals surface area contributed by atoms with Gasteiger partial charge in [-0.25, -0.2) is 9.59 Å². The van der Waals surface area contributed by atoms with Crippen molar-refractivity contribution in [1.29, 1.82) is 0 Å². The van der Waals surface area contributed by atoms with Crippen LogP contribution in [0.1, 0.15) is 0 Å².